The zero-order chi connectivity index (χ0) is 13.1. The zero-order valence-electron chi connectivity index (χ0n) is 10.4. The molecule has 3 nitrogen and oxygen atoms in total. The van der Waals surface area contributed by atoms with Gasteiger partial charge < -0.3 is 10.4 Å². The van der Waals surface area contributed by atoms with E-state index >= 15 is 0 Å². The van der Waals surface area contributed by atoms with E-state index in [4.69, 9.17) is 5.11 Å². The van der Waals surface area contributed by atoms with Gasteiger partial charge in [0, 0.05) is 11.1 Å². The average Bonchev–Trinajstić information content (AvgIpc) is 2.70. The lowest BCUT2D eigenvalue weighted by Crippen LogP contribution is -2.02. The maximum Gasteiger partial charge on any atom is 0.307 e. The van der Waals surface area contributed by atoms with Crippen molar-refractivity contribution < 1.29 is 9.90 Å². The minimum absolute atomic E-state index is 0.0523. The van der Waals surface area contributed by atoms with Gasteiger partial charge in [-0.2, -0.15) is 0 Å². The highest BCUT2D eigenvalue weighted by Crippen LogP contribution is 2.29. The Bertz CT molecular complexity index is 555. The summed E-state index contributed by atoms with van der Waals surface area (Å²) in [5.74, 6) is -0.807. The lowest BCUT2D eigenvalue weighted by Gasteiger charge is -2.12. The summed E-state index contributed by atoms with van der Waals surface area (Å²) in [4.78, 5) is 10.8. The van der Waals surface area contributed by atoms with Crippen molar-refractivity contribution >= 4 is 28.7 Å². The summed E-state index contributed by atoms with van der Waals surface area (Å²) in [6.45, 7) is 4.08. The van der Waals surface area contributed by atoms with Crippen LogP contribution in [0.3, 0.4) is 0 Å². The minimum Gasteiger partial charge on any atom is -0.481 e. The number of aryl methyl sites for hydroxylation is 2. The number of carbonyl (C=O) groups is 1. The van der Waals surface area contributed by atoms with Crippen LogP contribution in [0.25, 0.3) is 0 Å². The van der Waals surface area contributed by atoms with E-state index in [-0.39, 0.29) is 6.42 Å². The van der Waals surface area contributed by atoms with Gasteiger partial charge in [0.2, 0.25) is 0 Å². The van der Waals surface area contributed by atoms with Crippen LogP contribution >= 0.6 is 11.3 Å². The number of carboxylic acid groups (broad SMARTS) is 1. The molecule has 0 aliphatic carbocycles. The van der Waals surface area contributed by atoms with Gasteiger partial charge in [-0.25, -0.2) is 0 Å². The van der Waals surface area contributed by atoms with Gasteiger partial charge in [-0.3, -0.25) is 4.79 Å². The van der Waals surface area contributed by atoms with E-state index in [1.165, 1.54) is 11.3 Å². The summed E-state index contributed by atoms with van der Waals surface area (Å²) in [5.41, 5.74) is 5.09. The monoisotopic (exact) mass is 261 g/mol. The van der Waals surface area contributed by atoms with Crippen LogP contribution in [-0.4, -0.2) is 11.1 Å². The summed E-state index contributed by atoms with van der Waals surface area (Å²) in [5, 5.41) is 16.0. The topological polar surface area (TPSA) is 49.3 Å². The van der Waals surface area contributed by atoms with Crippen LogP contribution in [0, 0.1) is 13.8 Å². The highest BCUT2D eigenvalue weighted by molar-refractivity contribution is 7.08. The maximum absolute atomic E-state index is 10.8. The average molecular weight is 261 g/mol. The summed E-state index contributed by atoms with van der Waals surface area (Å²) >= 11 is 1.51. The zero-order valence-corrected chi connectivity index (χ0v) is 11.2. The van der Waals surface area contributed by atoms with Gasteiger partial charge in [0.1, 0.15) is 0 Å². The summed E-state index contributed by atoms with van der Waals surface area (Å²) in [6.07, 6.45) is 0.0523. The molecule has 0 unspecified atom stereocenters. The van der Waals surface area contributed by atoms with Crippen molar-refractivity contribution in [3.05, 3.63) is 45.6 Å². The molecule has 1 aromatic heterocycles. The Hall–Kier alpha value is -1.81. The Labute approximate surface area is 110 Å². The number of benzene rings is 1. The van der Waals surface area contributed by atoms with E-state index in [1.54, 1.807) is 0 Å². The quantitative estimate of drug-likeness (QED) is 0.881. The number of para-hydroxylation sites is 1. The predicted octanol–water partition coefficient (Wildman–Crippen LogP) is 3.74. The molecule has 0 fully saturated rings. The van der Waals surface area contributed by atoms with Crippen LogP contribution in [0.2, 0.25) is 0 Å². The molecule has 2 N–H and O–H groups in total. The Morgan fingerprint density at radius 2 is 1.94 bits per heavy atom. The molecule has 94 valence electrons. The number of rotatable bonds is 4. The molecule has 18 heavy (non-hydrogen) atoms. The van der Waals surface area contributed by atoms with Gasteiger partial charge in [0.25, 0.3) is 0 Å². The fourth-order valence-corrected chi connectivity index (χ4v) is 2.67. The first-order valence-corrected chi connectivity index (χ1v) is 6.62. The summed E-state index contributed by atoms with van der Waals surface area (Å²) < 4.78 is 0. The van der Waals surface area contributed by atoms with E-state index < -0.39 is 5.97 Å². The summed E-state index contributed by atoms with van der Waals surface area (Å²) in [7, 11) is 0. The van der Waals surface area contributed by atoms with Crippen molar-refractivity contribution in [3.63, 3.8) is 0 Å². The number of anilines is 2. The Kier molecular flexibility index (Phi) is 3.67. The standard InChI is InChI=1S/C14H15NO2S/c1-9-4-3-5-10(2)14(9)15-12-8-18-7-11(12)6-13(16)17/h3-5,7-8,15H,6H2,1-2H3,(H,16,17). The van der Waals surface area contributed by atoms with E-state index in [0.717, 1.165) is 28.1 Å². The molecule has 0 atom stereocenters. The maximum atomic E-state index is 10.8. The van der Waals surface area contributed by atoms with Crippen molar-refractivity contribution in [1.29, 1.82) is 0 Å². The van der Waals surface area contributed by atoms with Crippen molar-refractivity contribution in [2.45, 2.75) is 20.3 Å². The molecule has 0 spiro atoms. The second-order valence-electron chi connectivity index (χ2n) is 4.27. The first kappa shape index (κ1) is 12.6. The third-order valence-electron chi connectivity index (χ3n) is 2.82. The molecule has 1 heterocycles. The molecule has 0 aliphatic heterocycles. The molecule has 0 saturated carbocycles. The number of hydrogen-bond donors (Lipinski definition) is 2. The van der Waals surface area contributed by atoms with Crippen molar-refractivity contribution in [2.24, 2.45) is 0 Å². The van der Waals surface area contributed by atoms with Gasteiger partial charge in [-0.1, -0.05) is 18.2 Å². The van der Waals surface area contributed by atoms with Crippen LogP contribution in [0.1, 0.15) is 16.7 Å². The number of thiophene rings is 1. The first-order chi connectivity index (χ1) is 8.58. The molecule has 0 saturated heterocycles. The molecule has 0 bridgehead atoms. The SMILES string of the molecule is Cc1cccc(C)c1Nc1cscc1CC(=O)O. The third-order valence-corrected chi connectivity index (χ3v) is 3.62. The lowest BCUT2D eigenvalue weighted by atomic mass is 10.1. The smallest absolute Gasteiger partial charge is 0.307 e. The molecule has 1 aromatic carbocycles. The molecule has 4 heteroatoms. The Morgan fingerprint density at radius 1 is 1.28 bits per heavy atom. The van der Waals surface area contributed by atoms with Crippen LogP contribution in [0.15, 0.2) is 29.0 Å². The van der Waals surface area contributed by atoms with Gasteiger partial charge >= 0.3 is 5.97 Å². The lowest BCUT2D eigenvalue weighted by molar-refractivity contribution is -0.136. The normalized spacial score (nSPS) is 10.3. The van der Waals surface area contributed by atoms with E-state index in [0.29, 0.717) is 0 Å². The van der Waals surface area contributed by atoms with Crippen LogP contribution in [0.5, 0.6) is 0 Å². The fourth-order valence-electron chi connectivity index (χ4n) is 1.88. The molecule has 0 amide bonds. The third kappa shape index (κ3) is 2.71. The highest BCUT2D eigenvalue weighted by Gasteiger charge is 2.10. The van der Waals surface area contributed by atoms with Gasteiger partial charge in [0.05, 0.1) is 12.1 Å². The molecule has 2 rings (SSSR count). The number of carboxylic acids is 1. The first-order valence-electron chi connectivity index (χ1n) is 5.68. The minimum atomic E-state index is -0.807. The van der Waals surface area contributed by atoms with E-state index in [9.17, 15) is 4.79 Å². The molecular weight excluding hydrogens is 246 g/mol. The Balaban J connectivity index is 2.29. The largest absolute Gasteiger partial charge is 0.481 e. The molecular formula is C14H15NO2S. The number of aliphatic carboxylic acids is 1. The van der Waals surface area contributed by atoms with E-state index in [2.05, 4.69) is 5.32 Å². The molecule has 2 aromatic rings. The van der Waals surface area contributed by atoms with Crippen molar-refractivity contribution in [1.82, 2.24) is 0 Å². The van der Waals surface area contributed by atoms with Crippen LogP contribution < -0.4 is 5.32 Å². The van der Waals surface area contributed by atoms with Crippen molar-refractivity contribution in [2.75, 3.05) is 5.32 Å². The second kappa shape index (κ2) is 5.23. The fraction of sp³-hybridized carbons (Fsp3) is 0.214. The van der Waals surface area contributed by atoms with Crippen molar-refractivity contribution in [3.8, 4) is 0 Å². The number of hydrogen-bond acceptors (Lipinski definition) is 3. The van der Waals surface area contributed by atoms with Crippen LogP contribution in [0.4, 0.5) is 11.4 Å². The van der Waals surface area contributed by atoms with Gasteiger partial charge in [0.15, 0.2) is 0 Å². The highest BCUT2D eigenvalue weighted by atomic mass is 32.1. The van der Waals surface area contributed by atoms with Crippen LogP contribution in [-0.2, 0) is 11.2 Å². The van der Waals surface area contributed by atoms with Gasteiger partial charge in [-0.15, -0.1) is 11.3 Å². The van der Waals surface area contributed by atoms with Gasteiger partial charge in [-0.05, 0) is 35.9 Å². The number of nitrogens with one attached hydrogen (secondary N) is 1. The predicted molar refractivity (Wildman–Crippen MR) is 74.9 cm³/mol. The molecule has 0 radical (unpaired) electrons. The summed E-state index contributed by atoms with van der Waals surface area (Å²) in [6, 6.07) is 6.10. The second-order valence-corrected chi connectivity index (χ2v) is 5.02. The Morgan fingerprint density at radius 3 is 2.56 bits per heavy atom. The molecule has 0 aliphatic rings. The van der Waals surface area contributed by atoms with E-state index in [1.807, 2.05) is 42.8 Å².